The van der Waals surface area contributed by atoms with Crippen LogP contribution < -0.4 is 0 Å². The Morgan fingerprint density at radius 3 is 2.64 bits per heavy atom. The van der Waals surface area contributed by atoms with Crippen LogP contribution in [0.15, 0.2) is 18.2 Å². The van der Waals surface area contributed by atoms with Gasteiger partial charge in [-0.25, -0.2) is 4.68 Å². The Morgan fingerprint density at radius 2 is 1.89 bits per heavy atom. The van der Waals surface area contributed by atoms with Gasteiger partial charge in [-0.15, -0.1) is 0 Å². The van der Waals surface area contributed by atoms with E-state index in [0.29, 0.717) is 16.1 Å². The van der Waals surface area contributed by atoms with Crippen molar-refractivity contribution in [3.05, 3.63) is 33.0 Å². The van der Waals surface area contributed by atoms with Gasteiger partial charge in [-0.05, 0) is 75.9 Å². The van der Waals surface area contributed by atoms with Gasteiger partial charge in [0.25, 0.3) is 0 Å². The van der Waals surface area contributed by atoms with Gasteiger partial charge < -0.3 is 0 Å². The molecule has 4 nitrogen and oxygen atoms in total. The van der Waals surface area contributed by atoms with Crippen LogP contribution in [0, 0.1) is 10.7 Å². The van der Waals surface area contributed by atoms with Crippen LogP contribution in [0.4, 0.5) is 0 Å². The minimum Gasteiger partial charge on any atom is -0.297 e. The number of likely N-dealkylation sites (tertiary alicyclic amines) is 1. The molecule has 0 spiro atoms. The zero-order chi connectivity index (χ0) is 19.8. The maximum absolute atomic E-state index is 6.49. The van der Waals surface area contributed by atoms with Crippen molar-refractivity contribution in [3.8, 4) is 11.4 Å². The summed E-state index contributed by atoms with van der Waals surface area (Å²) in [5.41, 5.74) is 0.874. The van der Waals surface area contributed by atoms with Gasteiger partial charge >= 0.3 is 0 Å². The van der Waals surface area contributed by atoms with E-state index in [1.807, 2.05) is 16.8 Å². The van der Waals surface area contributed by atoms with Gasteiger partial charge in [0.2, 0.25) is 0 Å². The van der Waals surface area contributed by atoms with E-state index in [1.165, 1.54) is 38.5 Å². The number of piperidine rings is 1. The predicted molar refractivity (Wildman–Crippen MR) is 119 cm³/mol. The summed E-state index contributed by atoms with van der Waals surface area (Å²) in [6.45, 7) is 6.16. The molecule has 0 N–H and O–H groups in total. The van der Waals surface area contributed by atoms with Gasteiger partial charge in [0, 0.05) is 29.2 Å². The van der Waals surface area contributed by atoms with Gasteiger partial charge in [0.15, 0.2) is 10.6 Å². The Hall–Kier alpha value is -0.880. The smallest absolute Gasteiger partial charge is 0.199 e. The standard InChI is InChI=1S/C21H28Cl2N4S/c1-14(2)27-20(17-10-9-16(22)12-18(17)23)24-26(21(27)28)13-25-11-5-7-15-6-3-4-8-19(15)25/h9-10,12,14-15,19H,3-8,11,13H2,1-2H3. The molecule has 1 saturated heterocycles. The second-order valence-corrected chi connectivity index (χ2v) is 9.61. The predicted octanol–water partition coefficient (Wildman–Crippen LogP) is 6.58. The van der Waals surface area contributed by atoms with E-state index in [0.717, 1.165) is 35.3 Å². The van der Waals surface area contributed by atoms with Crippen molar-refractivity contribution in [3.63, 3.8) is 0 Å². The van der Waals surface area contributed by atoms with Gasteiger partial charge in [0.05, 0.1) is 11.7 Å². The van der Waals surface area contributed by atoms with Crippen molar-refractivity contribution in [2.75, 3.05) is 6.54 Å². The summed E-state index contributed by atoms with van der Waals surface area (Å²) < 4.78 is 4.85. The molecule has 2 aliphatic rings. The molecule has 2 fully saturated rings. The van der Waals surface area contributed by atoms with Crippen LogP contribution in [-0.2, 0) is 6.67 Å². The lowest BCUT2D eigenvalue weighted by atomic mass is 9.78. The fraction of sp³-hybridized carbons (Fsp3) is 0.619. The maximum Gasteiger partial charge on any atom is 0.199 e. The fourth-order valence-corrected chi connectivity index (χ4v) is 5.80. The summed E-state index contributed by atoms with van der Waals surface area (Å²) in [7, 11) is 0. The molecule has 1 saturated carbocycles. The number of hydrogen-bond donors (Lipinski definition) is 0. The first-order chi connectivity index (χ1) is 13.5. The Morgan fingerprint density at radius 1 is 1.14 bits per heavy atom. The first-order valence-electron chi connectivity index (χ1n) is 10.3. The van der Waals surface area contributed by atoms with Gasteiger partial charge in [-0.2, -0.15) is 5.10 Å². The molecule has 4 rings (SSSR count). The monoisotopic (exact) mass is 438 g/mol. The van der Waals surface area contributed by atoms with E-state index in [2.05, 4.69) is 23.3 Å². The van der Waals surface area contributed by atoms with Gasteiger partial charge in [0.1, 0.15) is 0 Å². The van der Waals surface area contributed by atoms with Crippen molar-refractivity contribution >= 4 is 35.4 Å². The molecule has 1 aromatic heterocycles. The highest BCUT2D eigenvalue weighted by molar-refractivity contribution is 7.71. The van der Waals surface area contributed by atoms with Crippen molar-refractivity contribution < 1.29 is 0 Å². The minimum absolute atomic E-state index is 0.201. The zero-order valence-electron chi connectivity index (χ0n) is 16.6. The van der Waals surface area contributed by atoms with Crippen LogP contribution in [-0.4, -0.2) is 31.8 Å². The summed E-state index contributed by atoms with van der Waals surface area (Å²) in [4.78, 5) is 2.61. The number of hydrogen-bond acceptors (Lipinski definition) is 3. The van der Waals surface area contributed by atoms with E-state index in [-0.39, 0.29) is 6.04 Å². The molecule has 1 aliphatic heterocycles. The van der Waals surface area contributed by atoms with Crippen LogP contribution in [0.5, 0.6) is 0 Å². The molecule has 0 amide bonds. The number of benzene rings is 1. The highest BCUT2D eigenvalue weighted by atomic mass is 35.5. The minimum atomic E-state index is 0.201. The lowest BCUT2D eigenvalue weighted by Gasteiger charge is -2.43. The quantitative estimate of drug-likeness (QED) is 0.503. The first kappa shape index (κ1) is 20.4. The number of fused-ring (bicyclic) bond motifs is 1. The number of nitrogens with zero attached hydrogens (tertiary/aromatic N) is 4. The summed E-state index contributed by atoms with van der Waals surface area (Å²) in [5.74, 6) is 1.66. The topological polar surface area (TPSA) is 26.0 Å². The van der Waals surface area contributed by atoms with Crippen LogP contribution in [0.1, 0.15) is 58.4 Å². The molecular formula is C21H28Cl2N4S. The molecule has 152 valence electrons. The van der Waals surface area contributed by atoms with Crippen molar-refractivity contribution in [1.29, 1.82) is 0 Å². The molecule has 2 heterocycles. The second kappa shape index (κ2) is 8.47. The Balaban J connectivity index is 1.69. The lowest BCUT2D eigenvalue weighted by Crippen LogP contribution is -2.47. The lowest BCUT2D eigenvalue weighted by molar-refractivity contribution is 0.0323. The van der Waals surface area contributed by atoms with E-state index in [4.69, 9.17) is 40.5 Å². The summed E-state index contributed by atoms with van der Waals surface area (Å²) in [5, 5.41) is 6.16. The highest BCUT2D eigenvalue weighted by Gasteiger charge is 2.33. The molecule has 2 unspecified atom stereocenters. The highest BCUT2D eigenvalue weighted by Crippen LogP contribution is 2.36. The van der Waals surface area contributed by atoms with Crippen molar-refractivity contribution in [1.82, 2.24) is 19.2 Å². The van der Waals surface area contributed by atoms with E-state index < -0.39 is 0 Å². The van der Waals surface area contributed by atoms with Crippen LogP contribution in [0.2, 0.25) is 10.0 Å². The summed E-state index contributed by atoms with van der Waals surface area (Å²) in [6, 6.07) is 6.43. The van der Waals surface area contributed by atoms with E-state index in [1.54, 1.807) is 6.07 Å². The molecule has 2 atom stereocenters. The number of rotatable bonds is 4. The van der Waals surface area contributed by atoms with Crippen molar-refractivity contribution in [2.24, 2.45) is 5.92 Å². The Bertz CT molecular complexity index is 902. The van der Waals surface area contributed by atoms with E-state index in [9.17, 15) is 0 Å². The molecule has 28 heavy (non-hydrogen) atoms. The third-order valence-corrected chi connectivity index (χ3v) is 7.19. The summed E-state index contributed by atoms with van der Waals surface area (Å²) in [6.07, 6.45) is 8.05. The first-order valence-corrected chi connectivity index (χ1v) is 11.5. The Labute approximate surface area is 182 Å². The van der Waals surface area contributed by atoms with Crippen LogP contribution in [0.25, 0.3) is 11.4 Å². The Kier molecular flexibility index (Phi) is 6.17. The van der Waals surface area contributed by atoms with E-state index >= 15 is 0 Å². The summed E-state index contributed by atoms with van der Waals surface area (Å²) >= 11 is 18.4. The molecule has 2 aromatic rings. The van der Waals surface area contributed by atoms with Crippen LogP contribution in [0.3, 0.4) is 0 Å². The third kappa shape index (κ3) is 3.91. The zero-order valence-corrected chi connectivity index (χ0v) is 18.9. The fourth-order valence-electron chi connectivity index (χ4n) is 4.91. The van der Waals surface area contributed by atoms with Gasteiger partial charge in [-0.1, -0.05) is 36.0 Å². The molecule has 1 aliphatic carbocycles. The number of halogens is 2. The maximum atomic E-state index is 6.49. The molecule has 7 heteroatoms. The molecule has 1 aromatic carbocycles. The molecular weight excluding hydrogens is 411 g/mol. The largest absolute Gasteiger partial charge is 0.297 e. The third-order valence-electron chi connectivity index (χ3n) is 6.23. The molecule has 0 radical (unpaired) electrons. The second-order valence-electron chi connectivity index (χ2n) is 8.40. The SMILES string of the molecule is CC(C)n1c(-c2ccc(Cl)cc2Cl)nn(CN2CCCC3CCCCC32)c1=S. The number of aromatic nitrogens is 3. The average molecular weight is 439 g/mol. The van der Waals surface area contributed by atoms with Gasteiger partial charge in [-0.3, -0.25) is 9.47 Å². The van der Waals surface area contributed by atoms with Crippen LogP contribution >= 0.6 is 35.4 Å². The normalized spacial score (nSPS) is 23.2. The van der Waals surface area contributed by atoms with Crippen molar-refractivity contribution in [2.45, 2.75) is 71.1 Å². The molecule has 0 bridgehead atoms. The average Bonchev–Trinajstić information content (AvgIpc) is 2.98.